The Labute approximate surface area is 181 Å². The monoisotopic (exact) mass is 439 g/mol. The van der Waals surface area contributed by atoms with Crippen molar-refractivity contribution in [2.45, 2.75) is 32.2 Å². The quantitative estimate of drug-likeness (QED) is 0.508. The highest BCUT2D eigenvalue weighted by atomic mass is 35.5. The molecule has 4 aromatic rings. The van der Waals surface area contributed by atoms with Gasteiger partial charge in [-0.2, -0.15) is 0 Å². The minimum absolute atomic E-state index is 0.000828. The van der Waals surface area contributed by atoms with Gasteiger partial charge in [-0.1, -0.05) is 16.8 Å². The number of ether oxygens (including phenoxy) is 1. The molecule has 152 valence electrons. The molecule has 0 saturated carbocycles. The van der Waals surface area contributed by atoms with Crippen molar-refractivity contribution in [1.29, 1.82) is 0 Å². The molecule has 2 aliphatic heterocycles. The second kappa shape index (κ2) is 7.02. The SMILES string of the molecule is OCc1cc2nccc(-c3cc(Cl)cc4c3OC(c3nnn5c3CNCC5)C4)c2s1. The van der Waals surface area contributed by atoms with Gasteiger partial charge >= 0.3 is 0 Å². The van der Waals surface area contributed by atoms with E-state index in [1.54, 1.807) is 17.5 Å². The topological polar surface area (TPSA) is 85.1 Å². The molecule has 0 spiro atoms. The van der Waals surface area contributed by atoms with Gasteiger partial charge in [0, 0.05) is 52.3 Å². The summed E-state index contributed by atoms with van der Waals surface area (Å²) in [4.78, 5) is 5.33. The zero-order valence-electron chi connectivity index (χ0n) is 15.9. The van der Waals surface area contributed by atoms with Crippen molar-refractivity contribution in [3.8, 4) is 16.9 Å². The zero-order chi connectivity index (χ0) is 20.2. The average Bonchev–Trinajstić information content (AvgIpc) is 3.48. The lowest BCUT2D eigenvalue weighted by Gasteiger charge is -2.17. The summed E-state index contributed by atoms with van der Waals surface area (Å²) in [6.07, 6.45) is 2.30. The van der Waals surface area contributed by atoms with Gasteiger partial charge in [-0.15, -0.1) is 16.4 Å². The Morgan fingerprint density at radius 1 is 1.30 bits per heavy atom. The van der Waals surface area contributed by atoms with Gasteiger partial charge in [-0.25, -0.2) is 4.68 Å². The number of rotatable bonds is 3. The molecule has 7 nitrogen and oxygen atoms in total. The Kier molecular flexibility index (Phi) is 4.28. The Balaban J connectivity index is 1.45. The number of fused-ring (bicyclic) bond motifs is 3. The number of aliphatic hydroxyl groups is 1. The molecule has 6 rings (SSSR count). The van der Waals surface area contributed by atoms with Crippen molar-refractivity contribution < 1.29 is 9.84 Å². The van der Waals surface area contributed by atoms with Crippen molar-refractivity contribution >= 4 is 33.2 Å². The summed E-state index contributed by atoms with van der Waals surface area (Å²) in [5.41, 5.74) is 5.86. The predicted molar refractivity (Wildman–Crippen MR) is 115 cm³/mol. The van der Waals surface area contributed by atoms with Crippen LogP contribution in [0.5, 0.6) is 5.75 Å². The largest absolute Gasteiger partial charge is 0.483 e. The summed E-state index contributed by atoms with van der Waals surface area (Å²) < 4.78 is 9.45. The Morgan fingerprint density at radius 3 is 3.13 bits per heavy atom. The molecular weight excluding hydrogens is 422 g/mol. The van der Waals surface area contributed by atoms with Crippen LogP contribution in [0.2, 0.25) is 5.02 Å². The highest BCUT2D eigenvalue weighted by Gasteiger charge is 2.33. The lowest BCUT2D eigenvalue weighted by molar-refractivity contribution is 0.232. The van der Waals surface area contributed by atoms with Gasteiger partial charge in [0.25, 0.3) is 0 Å². The molecule has 0 aliphatic carbocycles. The summed E-state index contributed by atoms with van der Waals surface area (Å²) in [5.74, 6) is 0.835. The van der Waals surface area contributed by atoms with Gasteiger partial charge in [0.1, 0.15) is 17.5 Å². The summed E-state index contributed by atoms with van der Waals surface area (Å²) >= 11 is 8.04. The van der Waals surface area contributed by atoms with Crippen LogP contribution >= 0.6 is 22.9 Å². The first-order valence-corrected chi connectivity index (χ1v) is 11.0. The molecule has 30 heavy (non-hydrogen) atoms. The second-order valence-electron chi connectivity index (χ2n) is 7.52. The number of aliphatic hydroxyl groups excluding tert-OH is 1. The standard InChI is InChI=1S/C21H18ClN5O2S/c22-12-5-11-6-18(19-17-9-23-3-4-27(17)26-25-19)29-20(11)15(7-12)14-1-2-24-16-8-13(10-28)30-21(14)16/h1-2,5,7-8,18,23,28H,3-4,6,9-10H2. The third-order valence-corrected chi connectivity index (χ3v) is 7.03. The molecule has 0 radical (unpaired) electrons. The van der Waals surface area contributed by atoms with Gasteiger partial charge < -0.3 is 15.2 Å². The number of thiophene rings is 1. The molecule has 0 saturated heterocycles. The van der Waals surface area contributed by atoms with E-state index >= 15 is 0 Å². The van der Waals surface area contributed by atoms with Crippen molar-refractivity contribution in [3.05, 3.63) is 57.3 Å². The third kappa shape index (κ3) is 2.83. The number of pyridine rings is 1. The minimum Gasteiger partial charge on any atom is -0.483 e. The highest BCUT2D eigenvalue weighted by molar-refractivity contribution is 7.19. The first kappa shape index (κ1) is 18.3. The maximum Gasteiger partial charge on any atom is 0.149 e. The van der Waals surface area contributed by atoms with Crippen LogP contribution in [0.1, 0.15) is 27.9 Å². The fraction of sp³-hybridized carbons (Fsp3) is 0.286. The van der Waals surface area contributed by atoms with Crippen LogP contribution in [0, 0.1) is 0 Å². The summed E-state index contributed by atoms with van der Waals surface area (Å²) in [6.45, 7) is 2.46. The summed E-state index contributed by atoms with van der Waals surface area (Å²) in [7, 11) is 0. The molecule has 3 aromatic heterocycles. The smallest absolute Gasteiger partial charge is 0.149 e. The zero-order valence-corrected chi connectivity index (χ0v) is 17.5. The second-order valence-corrected chi connectivity index (χ2v) is 9.09. The van der Waals surface area contributed by atoms with E-state index in [0.717, 1.165) is 68.6 Å². The maximum atomic E-state index is 9.55. The Hall–Kier alpha value is -2.52. The van der Waals surface area contributed by atoms with E-state index in [9.17, 15) is 5.11 Å². The van der Waals surface area contributed by atoms with Gasteiger partial charge in [-0.3, -0.25) is 4.98 Å². The molecule has 0 bridgehead atoms. The fourth-order valence-corrected chi connectivity index (χ4v) is 5.55. The number of aromatic nitrogens is 4. The van der Waals surface area contributed by atoms with E-state index in [4.69, 9.17) is 16.3 Å². The van der Waals surface area contributed by atoms with Gasteiger partial charge in [0.05, 0.1) is 29.1 Å². The average molecular weight is 440 g/mol. The summed E-state index contributed by atoms with van der Waals surface area (Å²) in [5, 5.41) is 22.3. The van der Waals surface area contributed by atoms with Crippen LogP contribution < -0.4 is 10.1 Å². The van der Waals surface area contributed by atoms with Crippen molar-refractivity contribution in [1.82, 2.24) is 25.3 Å². The normalized spacial score (nSPS) is 17.7. The first-order chi connectivity index (χ1) is 14.7. The molecule has 0 amide bonds. The van der Waals surface area contributed by atoms with Gasteiger partial charge in [0.15, 0.2) is 0 Å². The molecule has 5 heterocycles. The third-order valence-electron chi connectivity index (χ3n) is 5.67. The van der Waals surface area contributed by atoms with Crippen molar-refractivity contribution in [2.24, 2.45) is 0 Å². The highest BCUT2D eigenvalue weighted by Crippen LogP contribution is 2.47. The fourth-order valence-electron chi connectivity index (χ4n) is 4.30. The number of nitrogens with zero attached hydrogens (tertiary/aromatic N) is 4. The molecule has 9 heteroatoms. The molecular formula is C21H18ClN5O2S. The summed E-state index contributed by atoms with van der Waals surface area (Å²) in [6, 6.07) is 7.82. The number of benzene rings is 1. The first-order valence-electron chi connectivity index (χ1n) is 9.82. The number of halogens is 1. The van der Waals surface area contributed by atoms with Crippen LogP contribution in [-0.2, 0) is 26.1 Å². The molecule has 1 unspecified atom stereocenters. The Bertz CT molecular complexity index is 1280. The lowest BCUT2D eigenvalue weighted by atomic mass is 10.00. The van der Waals surface area contributed by atoms with E-state index < -0.39 is 0 Å². The van der Waals surface area contributed by atoms with E-state index in [2.05, 4.69) is 20.6 Å². The predicted octanol–water partition coefficient (Wildman–Crippen LogP) is 3.48. The number of nitrogens with one attached hydrogen (secondary N) is 1. The van der Waals surface area contributed by atoms with Gasteiger partial charge in [0.2, 0.25) is 0 Å². The molecule has 2 N–H and O–H groups in total. The van der Waals surface area contributed by atoms with Crippen molar-refractivity contribution in [3.63, 3.8) is 0 Å². The van der Waals surface area contributed by atoms with Crippen LogP contribution in [0.4, 0.5) is 0 Å². The molecule has 1 aromatic carbocycles. The van der Waals surface area contributed by atoms with E-state index in [1.165, 1.54) is 0 Å². The lowest BCUT2D eigenvalue weighted by Crippen LogP contribution is -2.29. The number of hydrogen-bond acceptors (Lipinski definition) is 7. The van der Waals surface area contributed by atoms with E-state index in [-0.39, 0.29) is 12.7 Å². The maximum absolute atomic E-state index is 9.55. The number of hydrogen-bond donors (Lipinski definition) is 2. The molecule has 2 aliphatic rings. The van der Waals surface area contributed by atoms with Crippen LogP contribution in [0.25, 0.3) is 21.3 Å². The van der Waals surface area contributed by atoms with E-state index in [0.29, 0.717) is 11.4 Å². The van der Waals surface area contributed by atoms with E-state index in [1.807, 2.05) is 28.9 Å². The minimum atomic E-state index is -0.186. The van der Waals surface area contributed by atoms with Crippen LogP contribution in [0.15, 0.2) is 30.5 Å². The molecule has 0 fully saturated rings. The van der Waals surface area contributed by atoms with Crippen LogP contribution in [0.3, 0.4) is 0 Å². The van der Waals surface area contributed by atoms with Crippen molar-refractivity contribution in [2.75, 3.05) is 6.54 Å². The molecule has 1 atom stereocenters. The van der Waals surface area contributed by atoms with Crippen LogP contribution in [-0.4, -0.2) is 31.6 Å². The van der Waals surface area contributed by atoms with Gasteiger partial charge in [-0.05, 0) is 24.3 Å². The Morgan fingerprint density at radius 2 is 2.23 bits per heavy atom.